The summed E-state index contributed by atoms with van der Waals surface area (Å²) in [4.78, 5) is 0. The monoisotopic (exact) mass is 243 g/mol. The Balaban J connectivity index is 2.20. The summed E-state index contributed by atoms with van der Waals surface area (Å²) in [5, 5.41) is 0. The van der Waals surface area contributed by atoms with Crippen LogP contribution in [-0.2, 0) is 12.0 Å². The van der Waals surface area contributed by atoms with E-state index < -0.39 is 5.54 Å². The Morgan fingerprint density at radius 2 is 1.56 bits per heavy atom. The van der Waals surface area contributed by atoms with E-state index in [2.05, 4.69) is 31.2 Å². The standard InChI is InChI=1S/C16H18FN/c1-12-3-5-13(6-4-12)11-16(2,18)14-7-9-15(17)10-8-14/h3-10H,11,18H2,1-2H3. The van der Waals surface area contributed by atoms with Gasteiger partial charge in [-0.15, -0.1) is 0 Å². The fraction of sp³-hybridized carbons (Fsp3) is 0.250. The molecule has 1 nitrogen and oxygen atoms in total. The van der Waals surface area contributed by atoms with E-state index in [1.54, 1.807) is 12.1 Å². The molecule has 0 saturated heterocycles. The number of aryl methyl sites for hydroxylation is 1. The molecule has 2 rings (SSSR count). The van der Waals surface area contributed by atoms with Crippen LogP contribution in [0.3, 0.4) is 0 Å². The Morgan fingerprint density at radius 1 is 1.00 bits per heavy atom. The second kappa shape index (κ2) is 4.91. The summed E-state index contributed by atoms with van der Waals surface area (Å²) < 4.78 is 12.9. The second-order valence-corrected chi connectivity index (χ2v) is 5.09. The van der Waals surface area contributed by atoms with Crippen molar-refractivity contribution < 1.29 is 4.39 Å². The first-order chi connectivity index (χ1) is 8.47. The van der Waals surface area contributed by atoms with Crippen LogP contribution in [0.2, 0.25) is 0 Å². The molecule has 18 heavy (non-hydrogen) atoms. The molecule has 0 saturated carbocycles. The van der Waals surface area contributed by atoms with Gasteiger partial charge in [-0.25, -0.2) is 4.39 Å². The fourth-order valence-electron chi connectivity index (χ4n) is 2.06. The average molecular weight is 243 g/mol. The molecule has 0 aliphatic rings. The summed E-state index contributed by atoms with van der Waals surface area (Å²) in [6, 6.07) is 14.7. The Hall–Kier alpha value is -1.67. The third-order valence-corrected chi connectivity index (χ3v) is 3.20. The number of benzene rings is 2. The maximum Gasteiger partial charge on any atom is 0.123 e. The van der Waals surface area contributed by atoms with Crippen molar-refractivity contribution in [3.63, 3.8) is 0 Å². The van der Waals surface area contributed by atoms with Gasteiger partial charge >= 0.3 is 0 Å². The molecule has 0 aliphatic heterocycles. The highest BCUT2D eigenvalue weighted by Gasteiger charge is 2.21. The molecule has 0 radical (unpaired) electrons. The molecule has 0 amide bonds. The largest absolute Gasteiger partial charge is 0.321 e. The molecule has 2 N–H and O–H groups in total. The van der Waals surface area contributed by atoms with E-state index in [-0.39, 0.29) is 5.82 Å². The summed E-state index contributed by atoms with van der Waals surface area (Å²) in [6.45, 7) is 4.03. The summed E-state index contributed by atoms with van der Waals surface area (Å²) in [6.07, 6.45) is 0.735. The Bertz CT molecular complexity index is 512. The van der Waals surface area contributed by atoms with Crippen LogP contribution in [0.1, 0.15) is 23.6 Å². The van der Waals surface area contributed by atoms with Crippen LogP contribution >= 0.6 is 0 Å². The minimum atomic E-state index is -0.483. The predicted octanol–water partition coefficient (Wildman–Crippen LogP) is 3.55. The second-order valence-electron chi connectivity index (χ2n) is 5.09. The number of hydrogen-bond acceptors (Lipinski definition) is 1. The quantitative estimate of drug-likeness (QED) is 0.876. The van der Waals surface area contributed by atoms with Gasteiger partial charge in [0.05, 0.1) is 0 Å². The lowest BCUT2D eigenvalue weighted by Crippen LogP contribution is -2.35. The lowest BCUT2D eigenvalue weighted by atomic mass is 9.86. The Labute approximate surface area is 107 Å². The maximum atomic E-state index is 12.9. The molecular formula is C16H18FN. The number of nitrogens with two attached hydrogens (primary N) is 1. The van der Waals surface area contributed by atoms with E-state index in [9.17, 15) is 4.39 Å². The van der Waals surface area contributed by atoms with Crippen molar-refractivity contribution in [3.05, 3.63) is 71.0 Å². The zero-order valence-corrected chi connectivity index (χ0v) is 10.8. The van der Waals surface area contributed by atoms with Crippen LogP contribution < -0.4 is 5.73 Å². The van der Waals surface area contributed by atoms with Crippen LogP contribution in [0.15, 0.2) is 48.5 Å². The normalized spacial score (nSPS) is 14.2. The third kappa shape index (κ3) is 2.96. The van der Waals surface area contributed by atoms with Gasteiger partial charge in [0.25, 0.3) is 0 Å². The van der Waals surface area contributed by atoms with Crippen molar-refractivity contribution in [1.82, 2.24) is 0 Å². The van der Waals surface area contributed by atoms with Gasteiger partial charge in [0.1, 0.15) is 5.82 Å². The fourth-order valence-corrected chi connectivity index (χ4v) is 2.06. The predicted molar refractivity (Wildman–Crippen MR) is 72.8 cm³/mol. The van der Waals surface area contributed by atoms with Gasteiger partial charge in [-0.05, 0) is 43.5 Å². The minimum Gasteiger partial charge on any atom is -0.321 e. The molecule has 2 aromatic carbocycles. The highest BCUT2D eigenvalue weighted by Crippen LogP contribution is 2.23. The van der Waals surface area contributed by atoms with Crippen molar-refractivity contribution >= 4 is 0 Å². The zero-order valence-electron chi connectivity index (χ0n) is 10.8. The molecule has 1 atom stereocenters. The van der Waals surface area contributed by atoms with Crippen molar-refractivity contribution in [1.29, 1.82) is 0 Å². The first kappa shape index (κ1) is 12.8. The number of hydrogen-bond donors (Lipinski definition) is 1. The van der Waals surface area contributed by atoms with Gasteiger partial charge in [0.15, 0.2) is 0 Å². The van der Waals surface area contributed by atoms with Gasteiger partial charge in [-0.2, -0.15) is 0 Å². The van der Waals surface area contributed by atoms with Crippen molar-refractivity contribution in [2.75, 3.05) is 0 Å². The molecule has 94 valence electrons. The van der Waals surface area contributed by atoms with Crippen LogP contribution in [0.5, 0.6) is 0 Å². The first-order valence-corrected chi connectivity index (χ1v) is 6.08. The molecule has 0 aliphatic carbocycles. The SMILES string of the molecule is Cc1ccc(CC(C)(N)c2ccc(F)cc2)cc1. The number of halogens is 1. The molecule has 2 aromatic rings. The summed E-state index contributed by atoms with van der Waals surface area (Å²) in [7, 11) is 0. The van der Waals surface area contributed by atoms with Crippen LogP contribution in [0.25, 0.3) is 0 Å². The number of rotatable bonds is 3. The molecule has 0 bridgehead atoms. The first-order valence-electron chi connectivity index (χ1n) is 6.08. The lowest BCUT2D eigenvalue weighted by Gasteiger charge is -2.25. The Kier molecular flexibility index (Phi) is 3.48. The maximum absolute atomic E-state index is 12.9. The minimum absolute atomic E-state index is 0.232. The zero-order chi connectivity index (χ0) is 13.2. The summed E-state index contributed by atoms with van der Waals surface area (Å²) in [5.74, 6) is -0.232. The topological polar surface area (TPSA) is 26.0 Å². The smallest absolute Gasteiger partial charge is 0.123 e. The Morgan fingerprint density at radius 3 is 2.11 bits per heavy atom. The molecule has 0 fully saturated rings. The highest BCUT2D eigenvalue weighted by molar-refractivity contribution is 5.29. The van der Waals surface area contributed by atoms with Gasteiger partial charge in [0, 0.05) is 5.54 Å². The molecular weight excluding hydrogens is 225 g/mol. The van der Waals surface area contributed by atoms with E-state index >= 15 is 0 Å². The molecule has 1 unspecified atom stereocenters. The van der Waals surface area contributed by atoms with Crippen LogP contribution in [-0.4, -0.2) is 0 Å². The molecule has 0 aromatic heterocycles. The summed E-state index contributed by atoms with van der Waals surface area (Å²) in [5.41, 5.74) is 9.23. The highest BCUT2D eigenvalue weighted by atomic mass is 19.1. The third-order valence-electron chi connectivity index (χ3n) is 3.20. The van der Waals surface area contributed by atoms with Crippen molar-refractivity contribution in [2.45, 2.75) is 25.8 Å². The van der Waals surface area contributed by atoms with E-state index in [0.717, 1.165) is 12.0 Å². The van der Waals surface area contributed by atoms with E-state index in [1.807, 2.05) is 6.92 Å². The van der Waals surface area contributed by atoms with Gasteiger partial charge in [-0.1, -0.05) is 42.0 Å². The van der Waals surface area contributed by atoms with E-state index in [0.29, 0.717) is 0 Å². The van der Waals surface area contributed by atoms with Gasteiger partial charge in [-0.3, -0.25) is 0 Å². The van der Waals surface area contributed by atoms with Crippen molar-refractivity contribution in [3.8, 4) is 0 Å². The van der Waals surface area contributed by atoms with Gasteiger partial charge in [0.2, 0.25) is 0 Å². The van der Waals surface area contributed by atoms with E-state index in [1.165, 1.54) is 23.3 Å². The van der Waals surface area contributed by atoms with Crippen LogP contribution in [0.4, 0.5) is 4.39 Å². The molecule has 0 heterocycles. The lowest BCUT2D eigenvalue weighted by molar-refractivity contribution is 0.490. The van der Waals surface area contributed by atoms with Gasteiger partial charge < -0.3 is 5.73 Å². The van der Waals surface area contributed by atoms with Crippen molar-refractivity contribution in [2.24, 2.45) is 5.73 Å². The average Bonchev–Trinajstić information content (AvgIpc) is 2.32. The van der Waals surface area contributed by atoms with E-state index in [4.69, 9.17) is 5.73 Å². The molecule has 0 spiro atoms. The molecule has 2 heteroatoms. The summed E-state index contributed by atoms with van der Waals surface area (Å²) >= 11 is 0. The van der Waals surface area contributed by atoms with Crippen LogP contribution in [0, 0.1) is 12.7 Å².